The van der Waals surface area contributed by atoms with Crippen LogP contribution in [-0.2, 0) is 11.2 Å². The highest BCUT2D eigenvalue weighted by Crippen LogP contribution is 2.23. The number of carbonyl (C=O) groups excluding carboxylic acids is 1. The molecule has 4 rings (SSSR count). The molecule has 1 N–H and O–H groups in total. The second-order valence-corrected chi connectivity index (χ2v) is 7.81. The predicted molar refractivity (Wildman–Crippen MR) is 112 cm³/mol. The molecule has 1 aromatic carbocycles. The smallest absolute Gasteiger partial charge is 0.225 e. The molecule has 0 aliphatic heterocycles. The number of furan rings is 1. The molecule has 0 fully saturated rings. The summed E-state index contributed by atoms with van der Waals surface area (Å²) in [6.07, 6.45) is 6.71. The number of benzene rings is 1. The Morgan fingerprint density at radius 1 is 1.29 bits per heavy atom. The Kier molecular flexibility index (Phi) is 5.34. The fraction of sp³-hybridized carbons (Fsp3) is 0.286. The van der Waals surface area contributed by atoms with E-state index in [9.17, 15) is 4.79 Å². The summed E-state index contributed by atoms with van der Waals surface area (Å²) in [4.78, 5) is 12.8. The number of amides is 1. The average Bonchev–Trinajstić information content (AvgIpc) is 3.29. The maximum absolute atomic E-state index is 12.8. The maximum atomic E-state index is 12.8. The van der Waals surface area contributed by atoms with Gasteiger partial charge in [0.2, 0.25) is 5.91 Å². The number of carbonyl (C=O) groups is 1. The van der Waals surface area contributed by atoms with Crippen molar-refractivity contribution in [1.29, 1.82) is 0 Å². The van der Waals surface area contributed by atoms with Gasteiger partial charge in [-0.25, -0.2) is 0 Å². The van der Waals surface area contributed by atoms with Crippen LogP contribution in [0.3, 0.4) is 0 Å². The lowest BCUT2D eigenvalue weighted by molar-refractivity contribution is -0.121. The number of fused-ring (bicyclic) bond motifs is 2. The zero-order chi connectivity index (χ0) is 19.5. The van der Waals surface area contributed by atoms with E-state index in [0.29, 0.717) is 0 Å². The molecule has 0 saturated carbocycles. The lowest BCUT2D eigenvalue weighted by Crippen LogP contribution is -2.31. The first-order chi connectivity index (χ1) is 13.7. The number of rotatable bonds is 7. The highest BCUT2D eigenvalue weighted by Gasteiger charge is 2.21. The van der Waals surface area contributed by atoms with Crippen LogP contribution < -0.4 is 5.32 Å². The van der Waals surface area contributed by atoms with E-state index in [2.05, 4.69) is 21.8 Å². The fourth-order valence-electron chi connectivity index (χ4n) is 3.34. The molecule has 0 saturated heterocycles. The van der Waals surface area contributed by atoms with E-state index in [1.165, 1.54) is 0 Å². The lowest BCUT2D eigenvalue weighted by Gasteiger charge is -2.17. The van der Waals surface area contributed by atoms with Gasteiger partial charge in [0, 0.05) is 17.1 Å². The van der Waals surface area contributed by atoms with Crippen molar-refractivity contribution in [2.75, 3.05) is 12.0 Å². The van der Waals surface area contributed by atoms with Crippen molar-refractivity contribution in [2.45, 2.75) is 25.8 Å². The minimum Gasteiger partial charge on any atom is -0.464 e. The van der Waals surface area contributed by atoms with E-state index < -0.39 is 0 Å². The minimum atomic E-state index is -0.197. The van der Waals surface area contributed by atoms with Gasteiger partial charge in [0.15, 0.2) is 11.5 Å². The Morgan fingerprint density at radius 2 is 2.18 bits per heavy atom. The van der Waals surface area contributed by atoms with Gasteiger partial charge in [-0.3, -0.25) is 9.20 Å². The molecule has 0 unspecified atom stereocenters. The van der Waals surface area contributed by atoms with E-state index in [1.54, 1.807) is 18.0 Å². The first-order valence-electron chi connectivity index (χ1n) is 9.20. The minimum absolute atomic E-state index is 0.0536. The average molecular weight is 395 g/mol. The third-order valence-corrected chi connectivity index (χ3v) is 5.40. The molecule has 3 aromatic heterocycles. The van der Waals surface area contributed by atoms with Crippen LogP contribution >= 0.6 is 11.8 Å². The molecule has 28 heavy (non-hydrogen) atoms. The Balaban J connectivity index is 1.55. The number of thioether (sulfide) groups is 1. The number of aryl methyl sites for hydroxylation is 1. The SMILES string of the molecule is CSCC[C@H](NC(=O)Cc1coc2cc(C)ccc12)c1nnc2ccccn12. The quantitative estimate of drug-likeness (QED) is 0.514. The van der Waals surface area contributed by atoms with Gasteiger partial charge in [0.05, 0.1) is 18.7 Å². The van der Waals surface area contributed by atoms with Crippen LogP contribution in [0.1, 0.15) is 29.4 Å². The number of hydrogen-bond donors (Lipinski definition) is 1. The maximum Gasteiger partial charge on any atom is 0.225 e. The van der Waals surface area contributed by atoms with Gasteiger partial charge in [0.1, 0.15) is 5.58 Å². The molecule has 6 nitrogen and oxygen atoms in total. The van der Waals surface area contributed by atoms with Gasteiger partial charge in [-0.15, -0.1) is 10.2 Å². The Bertz CT molecular complexity index is 1120. The second kappa shape index (κ2) is 8.06. The Labute approximate surface area is 167 Å². The zero-order valence-corrected chi connectivity index (χ0v) is 16.7. The summed E-state index contributed by atoms with van der Waals surface area (Å²) in [6.45, 7) is 2.02. The standard InChI is InChI=1S/C21H22N4O2S/c1-14-6-7-16-15(13-27-18(16)11-14)12-20(26)22-17(8-10-28-2)21-24-23-19-5-3-4-9-25(19)21/h3-7,9,11,13,17H,8,10,12H2,1-2H3,(H,22,26)/t17-/m0/s1. The molecule has 1 atom stereocenters. The molecule has 4 aromatic rings. The molecule has 7 heteroatoms. The predicted octanol–water partition coefficient (Wildman–Crippen LogP) is 3.94. The molecule has 144 valence electrons. The molecule has 0 spiro atoms. The number of hydrogen-bond acceptors (Lipinski definition) is 5. The molecule has 0 aliphatic carbocycles. The Hall–Kier alpha value is -2.80. The van der Waals surface area contributed by atoms with Gasteiger partial charge in [-0.2, -0.15) is 11.8 Å². The van der Waals surface area contributed by atoms with Crippen molar-refractivity contribution in [3.05, 3.63) is 65.8 Å². The molecule has 0 radical (unpaired) electrons. The first-order valence-corrected chi connectivity index (χ1v) is 10.6. The van der Waals surface area contributed by atoms with Crippen molar-refractivity contribution in [3.63, 3.8) is 0 Å². The van der Waals surface area contributed by atoms with Gasteiger partial charge in [0.25, 0.3) is 0 Å². The highest BCUT2D eigenvalue weighted by atomic mass is 32.2. The Morgan fingerprint density at radius 3 is 3.04 bits per heavy atom. The molecule has 0 bridgehead atoms. The van der Waals surface area contributed by atoms with Crippen LogP contribution in [0, 0.1) is 6.92 Å². The van der Waals surface area contributed by atoms with Crippen molar-refractivity contribution in [3.8, 4) is 0 Å². The summed E-state index contributed by atoms with van der Waals surface area (Å²) >= 11 is 1.74. The number of pyridine rings is 1. The second-order valence-electron chi connectivity index (χ2n) is 6.83. The number of nitrogens with one attached hydrogen (secondary N) is 1. The van der Waals surface area contributed by atoms with E-state index in [4.69, 9.17) is 4.42 Å². The molecular weight excluding hydrogens is 372 g/mol. The van der Waals surface area contributed by atoms with Crippen LogP contribution in [0.5, 0.6) is 0 Å². The fourth-order valence-corrected chi connectivity index (χ4v) is 3.82. The monoisotopic (exact) mass is 394 g/mol. The first kappa shape index (κ1) is 18.6. The number of nitrogens with zero attached hydrogens (tertiary/aromatic N) is 3. The van der Waals surface area contributed by atoms with Crippen LogP contribution in [0.2, 0.25) is 0 Å². The van der Waals surface area contributed by atoms with Gasteiger partial charge in [-0.05, 0) is 49.1 Å². The summed E-state index contributed by atoms with van der Waals surface area (Å²) in [5.74, 6) is 1.62. The summed E-state index contributed by atoms with van der Waals surface area (Å²) in [7, 11) is 0. The third-order valence-electron chi connectivity index (χ3n) is 4.76. The van der Waals surface area contributed by atoms with Gasteiger partial charge >= 0.3 is 0 Å². The van der Waals surface area contributed by atoms with Crippen molar-refractivity contribution in [2.24, 2.45) is 0 Å². The van der Waals surface area contributed by atoms with Crippen LogP contribution in [0.15, 0.2) is 53.3 Å². The van der Waals surface area contributed by atoms with E-state index >= 15 is 0 Å². The number of aromatic nitrogens is 3. The summed E-state index contributed by atoms with van der Waals surface area (Å²) in [5, 5.41) is 12.7. The highest BCUT2D eigenvalue weighted by molar-refractivity contribution is 7.98. The topological polar surface area (TPSA) is 72.4 Å². The summed E-state index contributed by atoms with van der Waals surface area (Å²) < 4.78 is 7.55. The van der Waals surface area contributed by atoms with Crippen LogP contribution in [0.25, 0.3) is 16.6 Å². The molecule has 1 amide bonds. The zero-order valence-electron chi connectivity index (χ0n) is 15.9. The van der Waals surface area contributed by atoms with Crippen molar-refractivity contribution in [1.82, 2.24) is 19.9 Å². The van der Waals surface area contributed by atoms with Crippen LogP contribution in [0.4, 0.5) is 0 Å². The normalized spacial score (nSPS) is 12.5. The molecule has 0 aliphatic rings. The van der Waals surface area contributed by atoms with Gasteiger partial charge in [-0.1, -0.05) is 18.2 Å². The van der Waals surface area contributed by atoms with Crippen LogP contribution in [-0.4, -0.2) is 32.5 Å². The van der Waals surface area contributed by atoms with Crippen molar-refractivity contribution < 1.29 is 9.21 Å². The van der Waals surface area contributed by atoms with Gasteiger partial charge < -0.3 is 9.73 Å². The summed E-state index contributed by atoms with van der Waals surface area (Å²) in [5.41, 5.74) is 3.61. The van der Waals surface area contributed by atoms with E-state index in [1.807, 2.05) is 53.9 Å². The lowest BCUT2D eigenvalue weighted by atomic mass is 10.1. The largest absolute Gasteiger partial charge is 0.464 e. The summed E-state index contributed by atoms with van der Waals surface area (Å²) in [6, 6.07) is 11.6. The van der Waals surface area contributed by atoms with E-state index in [-0.39, 0.29) is 18.4 Å². The van der Waals surface area contributed by atoms with Crippen molar-refractivity contribution >= 4 is 34.3 Å². The molecular formula is C21H22N4O2S. The molecule has 3 heterocycles. The third kappa shape index (κ3) is 3.75. The van der Waals surface area contributed by atoms with E-state index in [0.717, 1.165) is 45.7 Å².